The number of rotatable bonds is 1. The fourth-order valence-electron chi connectivity index (χ4n) is 1.33. The van der Waals surface area contributed by atoms with Crippen molar-refractivity contribution in [1.82, 2.24) is 0 Å². The Morgan fingerprint density at radius 2 is 2.31 bits per heavy atom. The van der Waals surface area contributed by atoms with Gasteiger partial charge in [0.15, 0.2) is 12.1 Å². The first-order valence-corrected chi connectivity index (χ1v) is 5.14. The number of ether oxygens (including phenoxy) is 1. The third-order valence-electron chi connectivity index (χ3n) is 2.00. The molecule has 2 rings (SSSR count). The van der Waals surface area contributed by atoms with E-state index in [0.717, 1.165) is 11.6 Å². The number of hydrogen-bond acceptors (Lipinski definition) is 2. The molecule has 0 aliphatic carbocycles. The normalized spacial score (nSPS) is 14.8. The molecule has 13 heavy (non-hydrogen) atoms. The molecule has 0 radical (unpaired) electrons. The van der Waals surface area contributed by atoms with E-state index in [9.17, 15) is 0 Å². The molecule has 3 heteroatoms. The van der Waals surface area contributed by atoms with Gasteiger partial charge in [-0.1, -0.05) is 11.8 Å². The van der Waals surface area contributed by atoms with Crippen LogP contribution in [0.5, 0.6) is 5.75 Å². The summed E-state index contributed by atoms with van der Waals surface area (Å²) >= 11 is 1.86. The van der Waals surface area contributed by atoms with E-state index < -0.39 is 0 Å². The van der Waals surface area contributed by atoms with Gasteiger partial charge < -0.3 is 4.74 Å². The minimum atomic E-state index is 0.922. The van der Waals surface area contributed by atoms with Gasteiger partial charge in [0.2, 0.25) is 0 Å². The molecule has 0 atom stereocenters. The molecule has 1 aliphatic heterocycles. The highest BCUT2D eigenvalue weighted by Crippen LogP contribution is 2.27. The minimum absolute atomic E-state index is 0.922. The van der Waals surface area contributed by atoms with Crippen molar-refractivity contribution in [2.45, 2.75) is 4.90 Å². The van der Waals surface area contributed by atoms with Gasteiger partial charge in [-0.05, 0) is 18.2 Å². The molecule has 1 heterocycles. The summed E-state index contributed by atoms with van der Waals surface area (Å²) in [6.45, 7) is 0. The highest BCUT2D eigenvalue weighted by molar-refractivity contribution is 7.99. The second kappa shape index (κ2) is 3.42. The van der Waals surface area contributed by atoms with Crippen molar-refractivity contribution in [3.63, 3.8) is 0 Å². The van der Waals surface area contributed by atoms with Crippen LogP contribution in [0.2, 0.25) is 0 Å². The van der Waals surface area contributed by atoms with E-state index in [0.29, 0.717) is 0 Å². The molecule has 0 spiro atoms. The molecule has 0 bridgehead atoms. The fraction of sp³-hybridized carbons (Fsp3) is 0.300. The SMILES string of the molecule is COc1ccc2c(c1)C=[N+](C)CS2. The molecule has 0 saturated heterocycles. The molecule has 0 aromatic heterocycles. The monoisotopic (exact) mass is 194 g/mol. The van der Waals surface area contributed by atoms with Gasteiger partial charge in [-0.3, -0.25) is 0 Å². The van der Waals surface area contributed by atoms with Gasteiger partial charge in [-0.2, -0.15) is 0 Å². The number of thioether (sulfide) groups is 1. The lowest BCUT2D eigenvalue weighted by atomic mass is 10.2. The molecule has 0 N–H and O–H groups in total. The highest BCUT2D eigenvalue weighted by Gasteiger charge is 2.13. The van der Waals surface area contributed by atoms with Gasteiger partial charge in [-0.25, -0.2) is 4.58 Å². The summed E-state index contributed by atoms with van der Waals surface area (Å²) in [5.74, 6) is 1.95. The van der Waals surface area contributed by atoms with Crippen LogP contribution in [-0.4, -0.2) is 30.8 Å². The molecule has 1 aromatic rings. The number of methoxy groups -OCH3 is 1. The summed E-state index contributed by atoms with van der Waals surface area (Å²) in [7, 11) is 3.77. The summed E-state index contributed by atoms with van der Waals surface area (Å²) in [6.07, 6.45) is 2.15. The maximum atomic E-state index is 5.17. The van der Waals surface area contributed by atoms with E-state index in [1.54, 1.807) is 7.11 Å². The lowest BCUT2D eigenvalue weighted by molar-refractivity contribution is -0.470. The summed E-state index contributed by atoms with van der Waals surface area (Å²) < 4.78 is 7.34. The zero-order valence-corrected chi connectivity index (χ0v) is 8.60. The maximum absolute atomic E-state index is 5.17. The number of fused-ring (bicyclic) bond motifs is 1. The standard InChI is InChI=1S/C10H12NOS/c1-11-6-8-5-9(12-2)3-4-10(8)13-7-11/h3-6H,7H2,1-2H3/q+1. The second-order valence-electron chi connectivity index (χ2n) is 3.06. The van der Waals surface area contributed by atoms with Crippen LogP contribution in [0, 0.1) is 0 Å². The Bertz CT molecular complexity index is 360. The molecule has 1 aliphatic rings. The molecule has 0 saturated carbocycles. The van der Waals surface area contributed by atoms with Gasteiger partial charge in [0, 0.05) is 4.90 Å². The first kappa shape index (κ1) is 8.63. The van der Waals surface area contributed by atoms with Crippen LogP contribution in [0.25, 0.3) is 0 Å². The summed E-state index contributed by atoms with van der Waals surface area (Å²) in [5.41, 5.74) is 1.25. The second-order valence-corrected chi connectivity index (χ2v) is 4.05. The zero-order valence-electron chi connectivity index (χ0n) is 7.78. The Balaban J connectivity index is 2.45. The summed E-state index contributed by atoms with van der Waals surface area (Å²) in [6, 6.07) is 6.19. The van der Waals surface area contributed by atoms with E-state index in [4.69, 9.17) is 4.74 Å². The lowest BCUT2D eigenvalue weighted by Crippen LogP contribution is -2.12. The Morgan fingerprint density at radius 1 is 1.46 bits per heavy atom. The molecular formula is C10H12NOS+. The summed E-state index contributed by atoms with van der Waals surface area (Å²) in [4.78, 5) is 1.33. The van der Waals surface area contributed by atoms with Crippen molar-refractivity contribution >= 4 is 18.0 Å². The third-order valence-corrected chi connectivity index (χ3v) is 3.22. The van der Waals surface area contributed by atoms with Gasteiger partial charge in [0.05, 0.1) is 12.7 Å². The van der Waals surface area contributed by atoms with Crippen LogP contribution < -0.4 is 4.74 Å². The largest absolute Gasteiger partial charge is 0.497 e. The number of benzene rings is 1. The molecule has 0 amide bonds. The van der Waals surface area contributed by atoms with Gasteiger partial charge in [0.1, 0.15) is 12.8 Å². The molecule has 1 aromatic carbocycles. The Hall–Kier alpha value is -0.960. The Kier molecular flexibility index (Phi) is 2.27. The molecular weight excluding hydrogens is 182 g/mol. The van der Waals surface area contributed by atoms with E-state index in [1.165, 1.54) is 10.5 Å². The van der Waals surface area contributed by atoms with Gasteiger partial charge in [-0.15, -0.1) is 0 Å². The van der Waals surface area contributed by atoms with Crippen LogP contribution in [-0.2, 0) is 0 Å². The quantitative estimate of drug-likeness (QED) is 0.632. The third kappa shape index (κ3) is 1.70. The van der Waals surface area contributed by atoms with Crippen molar-refractivity contribution in [1.29, 1.82) is 0 Å². The Labute approximate surface area is 82.2 Å². The van der Waals surface area contributed by atoms with Crippen LogP contribution in [0.1, 0.15) is 5.56 Å². The van der Waals surface area contributed by atoms with Crippen LogP contribution >= 0.6 is 11.8 Å². The molecule has 68 valence electrons. The minimum Gasteiger partial charge on any atom is -0.497 e. The fourth-order valence-corrected chi connectivity index (χ4v) is 2.19. The Morgan fingerprint density at radius 3 is 3.08 bits per heavy atom. The first-order chi connectivity index (χ1) is 6.29. The highest BCUT2D eigenvalue weighted by atomic mass is 32.2. The number of hydrogen-bond donors (Lipinski definition) is 0. The molecule has 2 nitrogen and oxygen atoms in total. The van der Waals surface area contributed by atoms with Crippen molar-refractivity contribution in [2.24, 2.45) is 0 Å². The van der Waals surface area contributed by atoms with Crippen molar-refractivity contribution in [3.05, 3.63) is 23.8 Å². The van der Waals surface area contributed by atoms with Crippen LogP contribution in [0.4, 0.5) is 0 Å². The topological polar surface area (TPSA) is 12.2 Å². The average molecular weight is 194 g/mol. The van der Waals surface area contributed by atoms with Crippen molar-refractivity contribution in [3.8, 4) is 5.75 Å². The zero-order chi connectivity index (χ0) is 9.26. The first-order valence-electron chi connectivity index (χ1n) is 4.15. The lowest BCUT2D eigenvalue weighted by Gasteiger charge is -2.10. The van der Waals surface area contributed by atoms with E-state index in [2.05, 4.69) is 30.0 Å². The van der Waals surface area contributed by atoms with E-state index >= 15 is 0 Å². The summed E-state index contributed by atoms with van der Waals surface area (Å²) in [5, 5.41) is 0. The van der Waals surface area contributed by atoms with E-state index in [-0.39, 0.29) is 0 Å². The van der Waals surface area contributed by atoms with Crippen LogP contribution in [0.3, 0.4) is 0 Å². The predicted molar refractivity (Wildman–Crippen MR) is 55.1 cm³/mol. The van der Waals surface area contributed by atoms with Crippen LogP contribution in [0.15, 0.2) is 23.1 Å². The van der Waals surface area contributed by atoms with Gasteiger partial charge in [0.25, 0.3) is 0 Å². The smallest absolute Gasteiger partial charge is 0.193 e. The van der Waals surface area contributed by atoms with Gasteiger partial charge >= 0.3 is 0 Å². The number of nitrogens with zero attached hydrogens (tertiary/aromatic N) is 1. The van der Waals surface area contributed by atoms with E-state index in [1.807, 2.05) is 17.8 Å². The maximum Gasteiger partial charge on any atom is 0.193 e. The van der Waals surface area contributed by atoms with Crippen molar-refractivity contribution in [2.75, 3.05) is 20.0 Å². The van der Waals surface area contributed by atoms with Crippen molar-refractivity contribution < 1.29 is 9.31 Å². The average Bonchev–Trinajstić information content (AvgIpc) is 2.16. The molecule has 0 unspecified atom stereocenters. The molecule has 0 fully saturated rings. The predicted octanol–water partition coefficient (Wildman–Crippen LogP) is 1.82.